The van der Waals surface area contributed by atoms with E-state index in [1.54, 1.807) is 18.2 Å². The summed E-state index contributed by atoms with van der Waals surface area (Å²) in [5.74, 6) is -1.80. The van der Waals surface area contributed by atoms with Gasteiger partial charge in [0.1, 0.15) is 11.5 Å². The standard InChI is InChI=1S/C16H19NO6/c1-21-8-3-4-10(22-2)9(7-8)17-15(18)13-11-5-6-12(23-11)14(13)16(19)20/h3-4,7,11-14H,5-6H2,1-2H3,(H,17,18)(H,19,20)/t11-,12+,13+,14-/m0/s1. The zero-order chi connectivity index (χ0) is 16.6. The lowest BCUT2D eigenvalue weighted by Crippen LogP contribution is -2.41. The highest BCUT2D eigenvalue weighted by molar-refractivity contribution is 5.97. The fourth-order valence-corrected chi connectivity index (χ4v) is 3.45. The first kappa shape index (κ1) is 15.6. The fourth-order valence-electron chi connectivity index (χ4n) is 3.45. The lowest BCUT2D eigenvalue weighted by atomic mass is 9.78. The number of hydrogen-bond acceptors (Lipinski definition) is 5. The van der Waals surface area contributed by atoms with Crippen LogP contribution in [-0.2, 0) is 14.3 Å². The summed E-state index contributed by atoms with van der Waals surface area (Å²) in [6, 6.07) is 5.04. The molecule has 0 spiro atoms. The molecule has 23 heavy (non-hydrogen) atoms. The average molecular weight is 321 g/mol. The molecule has 7 heteroatoms. The third-order valence-electron chi connectivity index (χ3n) is 4.53. The number of anilines is 1. The molecule has 3 rings (SSSR count). The molecule has 2 aliphatic heterocycles. The number of carboxylic acids is 1. The number of amides is 1. The SMILES string of the molecule is COc1ccc(OC)c(NC(=O)[C@H]2[C@@H](C(=O)O)[C@H]3CC[C@@H]2O3)c1. The molecule has 2 bridgehead atoms. The fraction of sp³-hybridized carbons (Fsp3) is 0.500. The summed E-state index contributed by atoms with van der Waals surface area (Å²) in [7, 11) is 3.02. The highest BCUT2D eigenvalue weighted by Gasteiger charge is 2.55. The molecule has 4 atom stereocenters. The van der Waals surface area contributed by atoms with Gasteiger partial charge in [0.15, 0.2) is 0 Å². The van der Waals surface area contributed by atoms with Crippen molar-refractivity contribution in [2.45, 2.75) is 25.0 Å². The molecule has 7 nitrogen and oxygen atoms in total. The molecular weight excluding hydrogens is 302 g/mol. The van der Waals surface area contributed by atoms with Crippen molar-refractivity contribution >= 4 is 17.6 Å². The molecular formula is C16H19NO6. The van der Waals surface area contributed by atoms with E-state index in [9.17, 15) is 14.7 Å². The van der Waals surface area contributed by atoms with E-state index in [-0.39, 0.29) is 18.1 Å². The maximum Gasteiger partial charge on any atom is 0.310 e. The first-order valence-corrected chi connectivity index (χ1v) is 7.46. The van der Waals surface area contributed by atoms with Crippen molar-refractivity contribution in [3.8, 4) is 11.5 Å². The number of aliphatic carboxylic acids is 1. The van der Waals surface area contributed by atoms with Gasteiger partial charge in [-0.3, -0.25) is 9.59 Å². The van der Waals surface area contributed by atoms with E-state index in [0.29, 0.717) is 30.0 Å². The monoisotopic (exact) mass is 321 g/mol. The molecule has 0 radical (unpaired) electrons. The van der Waals surface area contributed by atoms with E-state index < -0.39 is 17.8 Å². The van der Waals surface area contributed by atoms with Gasteiger partial charge in [0.05, 0.1) is 44.0 Å². The summed E-state index contributed by atoms with van der Waals surface area (Å²) in [5.41, 5.74) is 0.448. The topological polar surface area (TPSA) is 94.1 Å². The molecule has 124 valence electrons. The van der Waals surface area contributed by atoms with Crippen molar-refractivity contribution < 1.29 is 28.9 Å². The summed E-state index contributed by atoms with van der Waals surface area (Å²) >= 11 is 0. The Hall–Kier alpha value is -2.28. The Balaban J connectivity index is 1.83. The predicted octanol–water partition coefficient (Wildman–Crippen LogP) is 1.52. The van der Waals surface area contributed by atoms with Crippen LogP contribution >= 0.6 is 0 Å². The summed E-state index contributed by atoms with van der Waals surface area (Å²) < 4.78 is 16.0. The van der Waals surface area contributed by atoms with Gasteiger partial charge >= 0.3 is 5.97 Å². The predicted molar refractivity (Wildman–Crippen MR) is 80.7 cm³/mol. The Kier molecular flexibility index (Phi) is 4.12. The van der Waals surface area contributed by atoms with Crippen LogP contribution in [0, 0.1) is 11.8 Å². The van der Waals surface area contributed by atoms with E-state index in [2.05, 4.69) is 5.32 Å². The quantitative estimate of drug-likeness (QED) is 0.854. The molecule has 2 saturated heterocycles. The van der Waals surface area contributed by atoms with E-state index in [1.807, 2.05) is 0 Å². The van der Waals surface area contributed by atoms with E-state index in [0.717, 1.165) is 0 Å². The van der Waals surface area contributed by atoms with Gasteiger partial charge in [-0.2, -0.15) is 0 Å². The number of carboxylic acid groups (broad SMARTS) is 1. The molecule has 2 N–H and O–H groups in total. The summed E-state index contributed by atoms with van der Waals surface area (Å²) in [6.45, 7) is 0. The number of carbonyl (C=O) groups excluding carboxylic acids is 1. The van der Waals surface area contributed by atoms with Crippen LogP contribution in [0.4, 0.5) is 5.69 Å². The largest absolute Gasteiger partial charge is 0.497 e. The van der Waals surface area contributed by atoms with Crippen LogP contribution in [0.3, 0.4) is 0 Å². The maximum atomic E-state index is 12.6. The van der Waals surface area contributed by atoms with Crippen LogP contribution in [0.1, 0.15) is 12.8 Å². The van der Waals surface area contributed by atoms with Crippen molar-refractivity contribution in [2.24, 2.45) is 11.8 Å². The minimum atomic E-state index is -0.991. The number of hydrogen-bond donors (Lipinski definition) is 2. The Bertz CT molecular complexity index is 631. The molecule has 0 aromatic heterocycles. The second-order valence-corrected chi connectivity index (χ2v) is 5.74. The van der Waals surface area contributed by atoms with Gasteiger partial charge in [-0.15, -0.1) is 0 Å². The number of carbonyl (C=O) groups is 2. The Morgan fingerprint density at radius 2 is 1.87 bits per heavy atom. The highest BCUT2D eigenvalue weighted by atomic mass is 16.5. The number of benzene rings is 1. The van der Waals surface area contributed by atoms with Crippen LogP contribution in [0.15, 0.2) is 18.2 Å². The number of methoxy groups -OCH3 is 2. The minimum absolute atomic E-state index is 0.335. The van der Waals surface area contributed by atoms with Crippen molar-refractivity contribution in [3.63, 3.8) is 0 Å². The summed E-state index contributed by atoms with van der Waals surface area (Å²) in [5, 5.41) is 12.2. The van der Waals surface area contributed by atoms with Crippen molar-refractivity contribution in [2.75, 3.05) is 19.5 Å². The Labute approximate surface area is 133 Å². The van der Waals surface area contributed by atoms with Crippen LogP contribution in [0.5, 0.6) is 11.5 Å². The minimum Gasteiger partial charge on any atom is -0.497 e. The zero-order valence-electron chi connectivity index (χ0n) is 12.9. The maximum absolute atomic E-state index is 12.6. The van der Waals surface area contributed by atoms with Crippen LogP contribution in [-0.4, -0.2) is 43.4 Å². The van der Waals surface area contributed by atoms with Crippen molar-refractivity contribution in [1.82, 2.24) is 0 Å². The molecule has 0 saturated carbocycles. The molecule has 2 fully saturated rings. The third-order valence-corrected chi connectivity index (χ3v) is 4.53. The highest BCUT2D eigenvalue weighted by Crippen LogP contribution is 2.44. The first-order valence-electron chi connectivity index (χ1n) is 7.46. The number of ether oxygens (including phenoxy) is 3. The van der Waals surface area contributed by atoms with Crippen molar-refractivity contribution in [3.05, 3.63) is 18.2 Å². The van der Waals surface area contributed by atoms with Gasteiger partial charge in [-0.25, -0.2) is 0 Å². The zero-order valence-corrected chi connectivity index (χ0v) is 12.9. The summed E-state index contributed by atoms with van der Waals surface area (Å²) in [6.07, 6.45) is 0.688. The second-order valence-electron chi connectivity index (χ2n) is 5.74. The van der Waals surface area contributed by atoms with Crippen LogP contribution in [0.25, 0.3) is 0 Å². The summed E-state index contributed by atoms with van der Waals surface area (Å²) in [4.78, 5) is 24.1. The molecule has 1 aromatic rings. The first-order chi connectivity index (χ1) is 11.0. The number of nitrogens with one attached hydrogen (secondary N) is 1. The van der Waals surface area contributed by atoms with Gasteiger partial charge in [0.2, 0.25) is 5.91 Å². The Morgan fingerprint density at radius 3 is 2.48 bits per heavy atom. The molecule has 1 amide bonds. The van der Waals surface area contributed by atoms with Gasteiger partial charge in [0, 0.05) is 6.07 Å². The average Bonchev–Trinajstić information content (AvgIpc) is 3.15. The van der Waals surface area contributed by atoms with E-state index in [4.69, 9.17) is 14.2 Å². The van der Waals surface area contributed by atoms with Gasteiger partial charge in [0.25, 0.3) is 0 Å². The molecule has 1 aromatic carbocycles. The molecule has 2 aliphatic rings. The second kappa shape index (κ2) is 6.08. The third kappa shape index (κ3) is 2.72. The number of fused-ring (bicyclic) bond motifs is 2. The van der Waals surface area contributed by atoms with Gasteiger partial charge in [-0.1, -0.05) is 0 Å². The van der Waals surface area contributed by atoms with Gasteiger partial charge in [-0.05, 0) is 25.0 Å². The smallest absolute Gasteiger partial charge is 0.310 e. The van der Waals surface area contributed by atoms with E-state index in [1.165, 1.54) is 14.2 Å². The van der Waals surface area contributed by atoms with Crippen molar-refractivity contribution in [1.29, 1.82) is 0 Å². The van der Waals surface area contributed by atoms with Crippen LogP contribution in [0.2, 0.25) is 0 Å². The van der Waals surface area contributed by atoms with Crippen LogP contribution < -0.4 is 14.8 Å². The molecule has 0 aliphatic carbocycles. The molecule has 2 heterocycles. The normalized spacial score (nSPS) is 28.4. The Morgan fingerprint density at radius 1 is 1.17 bits per heavy atom. The van der Waals surface area contributed by atoms with E-state index >= 15 is 0 Å². The molecule has 0 unspecified atom stereocenters. The lowest BCUT2D eigenvalue weighted by molar-refractivity contribution is -0.147. The van der Waals surface area contributed by atoms with Gasteiger partial charge < -0.3 is 24.6 Å². The lowest BCUT2D eigenvalue weighted by Gasteiger charge is -2.24. The number of rotatable bonds is 5.